The monoisotopic (exact) mass is 185 g/mol. The summed E-state index contributed by atoms with van der Waals surface area (Å²) in [7, 11) is 0. The molecule has 4 heteroatoms. The Balaban J connectivity index is 3.13. The molecule has 0 fully saturated rings. The molecule has 0 atom stereocenters. The van der Waals surface area contributed by atoms with Gasteiger partial charge in [0.15, 0.2) is 0 Å². The minimum Gasteiger partial charge on any atom is -0.366 e. The highest BCUT2D eigenvalue weighted by atomic mass is 19.3. The molecule has 1 rings (SSSR count). The molecule has 0 radical (unpaired) electrons. The van der Waals surface area contributed by atoms with E-state index in [0.717, 1.165) is 13.0 Å². The van der Waals surface area contributed by atoms with Crippen LogP contribution in [-0.4, -0.2) is 5.91 Å². The summed E-state index contributed by atoms with van der Waals surface area (Å²) in [6.45, 7) is 0.771. The molecule has 13 heavy (non-hydrogen) atoms. The highest BCUT2D eigenvalue weighted by Gasteiger charge is 2.24. The molecule has 2 nitrogen and oxygen atoms in total. The molecule has 0 aromatic heterocycles. The van der Waals surface area contributed by atoms with Crippen LogP contribution in [0.25, 0.3) is 0 Å². The number of rotatable bonds is 2. The number of benzene rings is 1. The zero-order chi connectivity index (χ0) is 10.1. The first kappa shape index (κ1) is 9.64. The fraction of sp³-hybridized carbons (Fsp3) is 0.222. The van der Waals surface area contributed by atoms with Crippen molar-refractivity contribution in [2.24, 2.45) is 5.73 Å². The number of amides is 1. The molecule has 0 aliphatic carbocycles. The number of hydrogen-bond acceptors (Lipinski definition) is 1. The molecule has 0 aliphatic heterocycles. The van der Waals surface area contributed by atoms with E-state index < -0.39 is 11.8 Å². The average Bonchev–Trinajstić information content (AvgIpc) is 2.03. The summed E-state index contributed by atoms with van der Waals surface area (Å²) in [4.78, 5) is 10.7. The molecule has 1 aromatic carbocycles. The summed E-state index contributed by atoms with van der Waals surface area (Å²) >= 11 is 0. The maximum absolute atomic E-state index is 12.7. The third kappa shape index (κ3) is 2.24. The van der Waals surface area contributed by atoms with Crippen LogP contribution in [0.4, 0.5) is 8.78 Å². The number of carbonyl (C=O) groups is 1. The van der Waals surface area contributed by atoms with E-state index in [1.54, 1.807) is 0 Å². The van der Waals surface area contributed by atoms with Crippen LogP contribution >= 0.6 is 0 Å². The molecule has 2 N–H and O–H groups in total. The predicted molar refractivity (Wildman–Crippen MR) is 44.5 cm³/mol. The molecule has 1 amide bonds. The van der Waals surface area contributed by atoms with Gasteiger partial charge < -0.3 is 5.73 Å². The van der Waals surface area contributed by atoms with Gasteiger partial charge in [-0.25, -0.2) is 8.78 Å². The number of alkyl halides is 2. The molecule has 70 valence electrons. The summed E-state index contributed by atoms with van der Waals surface area (Å²) in [6, 6.07) is 5.14. The van der Waals surface area contributed by atoms with Crippen molar-refractivity contribution in [1.82, 2.24) is 0 Å². The van der Waals surface area contributed by atoms with E-state index in [1.807, 2.05) is 0 Å². The van der Waals surface area contributed by atoms with Crippen molar-refractivity contribution in [3.63, 3.8) is 0 Å². The first-order valence-corrected chi connectivity index (χ1v) is 3.69. The Morgan fingerprint density at radius 1 is 1.46 bits per heavy atom. The predicted octanol–water partition coefficient (Wildman–Crippen LogP) is 1.90. The van der Waals surface area contributed by atoms with Crippen LogP contribution in [0.3, 0.4) is 0 Å². The lowest BCUT2D eigenvalue weighted by Crippen LogP contribution is -2.13. The second-order valence-electron chi connectivity index (χ2n) is 2.83. The summed E-state index contributed by atoms with van der Waals surface area (Å²) in [5.41, 5.74) is 4.83. The number of halogens is 2. The molecule has 0 bridgehead atoms. The van der Waals surface area contributed by atoms with E-state index in [-0.39, 0.29) is 11.1 Å². The Morgan fingerprint density at radius 2 is 2.08 bits per heavy atom. The van der Waals surface area contributed by atoms with Gasteiger partial charge in [-0.15, -0.1) is 0 Å². The van der Waals surface area contributed by atoms with Crippen LogP contribution in [0.5, 0.6) is 0 Å². The molecule has 0 saturated carbocycles. The van der Waals surface area contributed by atoms with Gasteiger partial charge >= 0.3 is 0 Å². The van der Waals surface area contributed by atoms with Crippen LogP contribution in [0.2, 0.25) is 0 Å². The lowest BCUT2D eigenvalue weighted by atomic mass is 10.1. The number of primary amides is 1. The standard InChI is InChI=1S/C9H9F2NO/c1-9(10,11)7-4-2-3-6(5-7)8(12)13/h2-5H,1H3,(H2,12,13). The van der Waals surface area contributed by atoms with E-state index in [4.69, 9.17) is 5.73 Å². The number of hydrogen-bond donors (Lipinski definition) is 1. The van der Waals surface area contributed by atoms with E-state index in [0.29, 0.717) is 0 Å². The molecular weight excluding hydrogens is 176 g/mol. The molecular formula is C9H9F2NO. The highest BCUT2D eigenvalue weighted by molar-refractivity contribution is 5.92. The van der Waals surface area contributed by atoms with Gasteiger partial charge in [0.2, 0.25) is 5.91 Å². The minimum absolute atomic E-state index is 0.0963. The molecule has 1 aromatic rings. The van der Waals surface area contributed by atoms with Crippen molar-refractivity contribution in [2.45, 2.75) is 12.8 Å². The summed E-state index contributed by atoms with van der Waals surface area (Å²) in [6.07, 6.45) is 0. The minimum atomic E-state index is -2.94. The van der Waals surface area contributed by atoms with Gasteiger partial charge in [-0.05, 0) is 12.1 Å². The van der Waals surface area contributed by atoms with Gasteiger partial charge in [-0.1, -0.05) is 12.1 Å². The topological polar surface area (TPSA) is 43.1 Å². The quantitative estimate of drug-likeness (QED) is 0.751. The van der Waals surface area contributed by atoms with Crippen molar-refractivity contribution in [1.29, 1.82) is 0 Å². The zero-order valence-electron chi connectivity index (χ0n) is 7.05. The van der Waals surface area contributed by atoms with Gasteiger partial charge in [-0.2, -0.15) is 0 Å². The Labute approximate surface area is 74.4 Å². The van der Waals surface area contributed by atoms with E-state index in [1.165, 1.54) is 18.2 Å². The van der Waals surface area contributed by atoms with Crippen LogP contribution < -0.4 is 5.73 Å². The van der Waals surface area contributed by atoms with Crippen LogP contribution in [0.15, 0.2) is 24.3 Å². The Morgan fingerprint density at radius 3 is 2.54 bits per heavy atom. The van der Waals surface area contributed by atoms with E-state index >= 15 is 0 Å². The Hall–Kier alpha value is -1.45. The van der Waals surface area contributed by atoms with Gasteiger partial charge in [0, 0.05) is 18.1 Å². The van der Waals surface area contributed by atoms with Crippen molar-refractivity contribution < 1.29 is 13.6 Å². The second-order valence-corrected chi connectivity index (χ2v) is 2.83. The molecule has 0 unspecified atom stereocenters. The van der Waals surface area contributed by atoms with Gasteiger partial charge in [0.05, 0.1) is 0 Å². The van der Waals surface area contributed by atoms with Crippen molar-refractivity contribution in [3.05, 3.63) is 35.4 Å². The summed E-state index contributed by atoms with van der Waals surface area (Å²) in [5.74, 6) is -3.64. The lowest BCUT2D eigenvalue weighted by Gasteiger charge is -2.10. The van der Waals surface area contributed by atoms with Crippen molar-refractivity contribution in [3.8, 4) is 0 Å². The zero-order valence-corrected chi connectivity index (χ0v) is 7.05. The number of nitrogens with two attached hydrogens (primary N) is 1. The Kier molecular flexibility index (Phi) is 2.32. The fourth-order valence-electron chi connectivity index (χ4n) is 0.946. The average molecular weight is 185 g/mol. The van der Waals surface area contributed by atoms with Gasteiger partial charge in [-0.3, -0.25) is 4.79 Å². The second kappa shape index (κ2) is 3.12. The third-order valence-electron chi connectivity index (χ3n) is 1.65. The molecule has 0 aliphatic rings. The maximum Gasteiger partial charge on any atom is 0.270 e. The number of carbonyl (C=O) groups excluding carboxylic acids is 1. The van der Waals surface area contributed by atoms with Crippen LogP contribution in [0, 0.1) is 0 Å². The van der Waals surface area contributed by atoms with Gasteiger partial charge in [0.25, 0.3) is 5.92 Å². The molecule has 0 spiro atoms. The SMILES string of the molecule is CC(F)(F)c1cccc(C(N)=O)c1. The van der Waals surface area contributed by atoms with E-state index in [2.05, 4.69) is 0 Å². The van der Waals surface area contributed by atoms with Crippen LogP contribution in [0.1, 0.15) is 22.8 Å². The molecule has 0 saturated heterocycles. The first-order chi connectivity index (χ1) is 5.91. The van der Waals surface area contributed by atoms with E-state index in [9.17, 15) is 13.6 Å². The smallest absolute Gasteiger partial charge is 0.270 e. The van der Waals surface area contributed by atoms with Gasteiger partial charge in [0.1, 0.15) is 0 Å². The summed E-state index contributed by atoms with van der Waals surface area (Å²) < 4.78 is 25.5. The third-order valence-corrected chi connectivity index (χ3v) is 1.65. The van der Waals surface area contributed by atoms with Crippen LogP contribution in [-0.2, 0) is 5.92 Å². The first-order valence-electron chi connectivity index (χ1n) is 3.69. The summed E-state index contributed by atoms with van der Waals surface area (Å²) in [5, 5.41) is 0. The normalized spacial score (nSPS) is 11.3. The maximum atomic E-state index is 12.7. The fourth-order valence-corrected chi connectivity index (χ4v) is 0.946. The van der Waals surface area contributed by atoms with Crippen molar-refractivity contribution in [2.75, 3.05) is 0 Å². The largest absolute Gasteiger partial charge is 0.366 e. The Bertz CT molecular complexity index is 331. The molecule has 0 heterocycles. The highest BCUT2D eigenvalue weighted by Crippen LogP contribution is 2.26. The van der Waals surface area contributed by atoms with Crippen molar-refractivity contribution >= 4 is 5.91 Å². The lowest BCUT2D eigenvalue weighted by molar-refractivity contribution is 0.0174.